The molecule has 3 rings (SSSR count). The first kappa shape index (κ1) is 15.6. The maximum atomic E-state index is 9.96. The average Bonchev–Trinajstić information content (AvgIpc) is 2.98. The van der Waals surface area contributed by atoms with E-state index in [1.807, 2.05) is 56.3 Å². The van der Waals surface area contributed by atoms with Gasteiger partial charge in [0.05, 0.1) is 6.21 Å². The zero-order chi connectivity index (χ0) is 16.4. The van der Waals surface area contributed by atoms with E-state index in [-0.39, 0.29) is 5.75 Å². The number of nitrogens with zero attached hydrogens (tertiary/aromatic N) is 1. The Labute approximate surface area is 143 Å². The number of aliphatic imine (C=N–C) groups is 1. The maximum Gasteiger partial charge on any atom is 0.145 e. The summed E-state index contributed by atoms with van der Waals surface area (Å²) in [6.07, 6.45) is 1.62. The molecule has 0 amide bonds. The van der Waals surface area contributed by atoms with Gasteiger partial charge in [-0.1, -0.05) is 28.1 Å². The molecule has 1 N–H and O–H groups in total. The summed E-state index contributed by atoms with van der Waals surface area (Å²) in [5.74, 6) is 1.58. The number of hydrogen-bond donors (Lipinski definition) is 1. The molecule has 0 fully saturated rings. The Morgan fingerprint density at radius 3 is 2.61 bits per heavy atom. The number of benzene rings is 2. The molecular weight excluding hydrogens is 354 g/mol. The number of halogens is 1. The fraction of sp³-hybridized carbons (Fsp3) is 0.105. The van der Waals surface area contributed by atoms with E-state index in [2.05, 4.69) is 20.9 Å². The van der Waals surface area contributed by atoms with E-state index in [1.165, 1.54) is 0 Å². The van der Waals surface area contributed by atoms with Gasteiger partial charge in [-0.25, -0.2) is 4.99 Å². The van der Waals surface area contributed by atoms with E-state index in [4.69, 9.17) is 4.42 Å². The first-order chi connectivity index (χ1) is 11.0. The molecule has 2 aromatic carbocycles. The van der Waals surface area contributed by atoms with Gasteiger partial charge in [-0.3, -0.25) is 0 Å². The smallest absolute Gasteiger partial charge is 0.145 e. The summed E-state index contributed by atoms with van der Waals surface area (Å²) >= 11 is 3.45. The normalized spacial score (nSPS) is 11.3. The molecule has 0 saturated carbocycles. The van der Waals surface area contributed by atoms with Crippen molar-refractivity contribution in [3.8, 4) is 17.1 Å². The number of hydrogen-bond acceptors (Lipinski definition) is 3. The zero-order valence-corrected chi connectivity index (χ0v) is 14.5. The number of furan rings is 1. The van der Waals surface area contributed by atoms with Crippen LogP contribution in [0, 0.1) is 13.8 Å². The minimum atomic E-state index is 0.170. The fourth-order valence-electron chi connectivity index (χ4n) is 2.24. The molecule has 3 aromatic rings. The van der Waals surface area contributed by atoms with E-state index in [1.54, 1.807) is 12.3 Å². The van der Waals surface area contributed by atoms with Gasteiger partial charge < -0.3 is 9.52 Å². The predicted octanol–water partition coefficient (Wildman–Crippen LogP) is 5.78. The minimum absolute atomic E-state index is 0.170. The molecule has 0 unspecified atom stereocenters. The Kier molecular flexibility index (Phi) is 4.35. The topological polar surface area (TPSA) is 45.7 Å². The molecule has 0 atom stereocenters. The van der Waals surface area contributed by atoms with E-state index < -0.39 is 0 Å². The van der Waals surface area contributed by atoms with Crippen LogP contribution >= 0.6 is 15.9 Å². The van der Waals surface area contributed by atoms with Crippen molar-refractivity contribution in [3.63, 3.8) is 0 Å². The van der Waals surface area contributed by atoms with E-state index in [0.717, 1.165) is 26.9 Å². The van der Waals surface area contributed by atoms with Crippen LogP contribution in [-0.2, 0) is 0 Å². The van der Waals surface area contributed by atoms with Gasteiger partial charge in [0.15, 0.2) is 0 Å². The van der Waals surface area contributed by atoms with E-state index in [0.29, 0.717) is 11.4 Å². The van der Waals surface area contributed by atoms with Crippen LogP contribution in [0.15, 0.2) is 62.4 Å². The highest BCUT2D eigenvalue weighted by molar-refractivity contribution is 9.10. The number of phenolic OH excluding ortho intramolecular Hbond substituents is 1. The third-order valence-corrected chi connectivity index (χ3v) is 4.15. The lowest BCUT2D eigenvalue weighted by atomic mass is 10.1. The van der Waals surface area contributed by atoms with Crippen molar-refractivity contribution in [2.45, 2.75) is 13.8 Å². The summed E-state index contributed by atoms with van der Waals surface area (Å²) < 4.78 is 6.79. The largest absolute Gasteiger partial charge is 0.506 e. The third kappa shape index (κ3) is 3.54. The third-order valence-electron chi connectivity index (χ3n) is 3.66. The van der Waals surface area contributed by atoms with Crippen LogP contribution in [0.25, 0.3) is 11.3 Å². The van der Waals surface area contributed by atoms with Gasteiger partial charge in [0.2, 0.25) is 0 Å². The molecule has 0 saturated heterocycles. The van der Waals surface area contributed by atoms with Gasteiger partial charge in [0.25, 0.3) is 0 Å². The summed E-state index contributed by atoms with van der Waals surface area (Å²) in [6, 6.07) is 15.3. The summed E-state index contributed by atoms with van der Waals surface area (Å²) in [5.41, 5.74) is 3.65. The lowest BCUT2D eigenvalue weighted by Gasteiger charge is -2.03. The number of phenols is 1. The van der Waals surface area contributed by atoms with E-state index >= 15 is 0 Å². The lowest BCUT2D eigenvalue weighted by Crippen LogP contribution is -1.81. The highest BCUT2D eigenvalue weighted by Gasteiger charge is 2.05. The number of rotatable bonds is 3. The number of aryl methyl sites for hydroxylation is 2. The average molecular weight is 370 g/mol. The lowest BCUT2D eigenvalue weighted by molar-refractivity contribution is 0.476. The molecular formula is C19H16BrNO2. The highest BCUT2D eigenvalue weighted by atomic mass is 79.9. The fourth-order valence-corrected chi connectivity index (χ4v) is 2.64. The highest BCUT2D eigenvalue weighted by Crippen LogP contribution is 2.30. The quantitative estimate of drug-likeness (QED) is 0.594. The van der Waals surface area contributed by atoms with Crippen molar-refractivity contribution in [2.24, 2.45) is 4.99 Å². The first-order valence-corrected chi connectivity index (χ1v) is 8.02. The SMILES string of the molecule is Cc1cc(O)c(N=Cc2ccc(-c3cccc(Br)c3)o2)cc1C. The van der Waals surface area contributed by atoms with Gasteiger partial charge in [0, 0.05) is 10.0 Å². The zero-order valence-electron chi connectivity index (χ0n) is 12.9. The van der Waals surface area contributed by atoms with Crippen LogP contribution in [0.1, 0.15) is 16.9 Å². The van der Waals surface area contributed by atoms with Crippen molar-refractivity contribution < 1.29 is 9.52 Å². The Morgan fingerprint density at radius 2 is 1.83 bits per heavy atom. The minimum Gasteiger partial charge on any atom is -0.506 e. The van der Waals surface area contributed by atoms with Crippen LogP contribution in [0.4, 0.5) is 5.69 Å². The van der Waals surface area contributed by atoms with Crippen LogP contribution in [-0.4, -0.2) is 11.3 Å². The standard InChI is InChI=1S/C19H16BrNO2/c1-12-8-17(18(22)9-13(12)2)21-11-16-6-7-19(23-16)14-4-3-5-15(20)10-14/h3-11,22H,1-2H3. The molecule has 4 heteroatoms. The van der Waals surface area contributed by atoms with Gasteiger partial charge in [0.1, 0.15) is 23.0 Å². The van der Waals surface area contributed by atoms with E-state index in [9.17, 15) is 5.11 Å². The van der Waals surface area contributed by atoms with Gasteiger partial charge >= 0.3 is 0 Å². The predicted molar refractivity (Wildman–Crippen MR) is 96.7 cm³/mol. The van der Waals surface area contributed by atoms with Crippen molar-refractivity contribution in [3.05, 3.63) is 69.9 Å². The summed E-state index contributed by atoms with van der Waals surface area (Å²) in [4.78, 5) is 4.32. The van der Waals surface area contributed by atoms with Crippen LogP contribution in [0.5, 0.6) is 5.75 Å². The molecule has 116 valence electrons. The molecule has 1 heterocycles. The van der Waals surface area contributed by atoms with Gasteiger partial charge in [-0.15, -0.1) is 0 Å². The summed E-state index contributed by atoms with van der Waals surface area (Å²) in [6.45, 7) is 3.95. The monoisotopic (exact) mass is 369 g/mol. The summed E-state index contributed by atoms with van der Waals surface area (Å²) in [7, 11) is 0. The second-order valence-electron chi connectivity index (χ2n) is 5.40. The Morgan fingerprint density at radius 1 is 1.04 bits per heavy atom. The molecule has 3 nitrogen and oxygen atoms in total. The molecule has 0 radical (unpaired) electrons. The van der Waals surface area contributed by atoms with Crippen molar-refractivity contribution in [2.75, 3.05) is 0 Å². The van der Waals surface area contributed by atoms with Crippen molar-refractivity contribution in [1.29, 1.82) is 0 Å². The Bertz CT molecular complexity index is 881. The number of aromatic hydroxyl groups is 1. The molecule has 0 aliphatic carbocycles. The Balaban J connectivity index is 1.86. The first-order valence-electron chi connectivity index (χ1n) is 7.23. The molecule has 23 heavy (non-hydrogen) atoms. The molecule has 1 aromatic heterocycles. The maximum absolute atomic E-state index is 9.96. The second-order valence-corrected chi connectivity index (χ2v) is 6.31. The van der Waals surface area contributed by atoms with Gasteiger partial charge in [-0.05, 0) is 61.4 Å². The van der Waals surface area contributed by atoms with Crippen LogP contribution in [0.3, 0.4) is 0 Å². The summed E-state index contributed by atoms with van der Waals surface area (Å²) in [5, 5.41) is 9.96. The van der Waals surface area contributed by atoms with Crippen molar-refractivity contribution in [1.82, 2.24) is 0 Å². The second kappa shape index (κ2) is 6.42. The molecule has 0 aliphatic rings. The Hall–Kier alpha value is -2.33. The molecule has 0 spiro atoms. The van der Waals surface area contributed by atoms with Crippen LogP contribution in [0.2, 0.25) is 0 Å². The van der Waals surface area contributed by atoms with Crippen LogP contribution < -0.4 is 0 Å². The van der Waals surface area contributed by atoms with Crippen molar-refractivity contribution >= 4 is 27.8 Å². The van der Waals surface area contributed by atoms with Gasteiger partial charge in [-0.2, -0.15) is 0 Å². The molecule has 0 bridgehead atoms. The molecule has 0 aliphatic heterocycles.